The number of H-pyrrole nitrogens is 1. The summed E-state index contributed by atoms with van der Waals surface area (Å²) < 4.78 is 8.61. The van der Waals surface area contributed by atoms with Crippen molar-refractivity contribution in [1.29, 1.82) is 0 Å². The molecule has 0 saturated heterocycles. The van der Waals surface area contributed by atoms with Crippen molar-refractivity contribution >= 4 is 84.0 Å². The highest BCUT2D eigenvalue weighted by Gasteiger charge is 2.23. The molecule has 0 spiro atoms. The summed E-state index contributed by atoms with van der Waals surface area (Å²) in [5.74, 6) is 1.71. The zero-order valence-electron chi connectivity index (χ0n) is 15.3. The van der Waals surface area contributed by atoms with E-state index in [1.54, 1.807) is 6.07 Å². The van der Waals surface area contributed by atoms with Crippen LogP contribution in [0.2, 0.25) is 0 Å². The summed E-state index contributed by atoms with van der Waals surface area (Å²) >= 11 is 8.60. The lowest BCUT2D eigenvalue weighted by Crippen LogP contribution is -2.29. The van der Waals surface area contributed by atoms with Crippen molar-refractivity contribution in [2.24, 2.45) is 0 Å². The molecule has 10 heteroatoms. The molecule has 1 aliphatic heterocycles. The highest BCUT2D eigenvalue weighted by Crippen LogP contribution is 2.40. The van der Waals surface area contributed by atoms with Crippen LogP contribution in [0, 0.1) is 0 Å². The van der Waals surface area contributed by atoms with Gasteiger partial charge in [-0.25, -0.2) is 0 Å². The first-order chi connectivity index (χ1) is 13.1. The van der Waals surface area contributed by atoms with E-state index in [0.29, 0.717) is 6.61 Å². The second-order valence-electron chi connectivity index (χ2n) is 6.44. The molecule has 1 atom stereocenters. The van der Waals surface area contributed by atoms with E-state index < -0.39 is 0 Å². The Balaban J connectivity index is 0.00000150. The van der Waals surface area contributed by atoms with Crippen LogP contribution in [0.1, 0.15) is 24.4 Å². The number of fused-ring (bicyclic) bond motifs is 2. The topological polar surface area (TPSA) is 66.2 Å². The van der Waals surface area contributed by atoms with Crippen LogP contribution in [0.5, 0.6) is 5.75 Å². The van der Waals surface area contributed by atoms with E-state index in [4.69, 9.17) is 4.74 Å². The number of hydrogen-bond acceptors (Lipinski definition) is 5. The van der Waals surface area contributed by atoms with E-state index in [1.165, 1.54) is 16.9 Å². The molecule has 29 heavy (non-hydrogen) atoms. The van der Waals surface area contributed by atoms with E-state index in [9.17, 15) is 4.79 Å². The summed E-state index contributed by atoms with van der Waals surface area (Å²) in [6.07, 6.45) is 1.90. The van der Waals surface area contributed by atoms with Gasteiger partial charge in [0.05, 0.1) is 21.3 Å². The van der Waals surface area contributed by atoms with Gasteiger partial charge in [0.2, 0.25) is 5.43 Å². The van der Waals surface area contributed by atoms with Crippen LogP contribution in [0.4, 0.5) is 5.82 Å². The van der Waals surface area contributed by atoms with Crippen molar-refractivity contribution in [3.63, 3.8) is 0 Å². The van der Waals surface area contributed by atoms with Gasteiger partial charge in [-0.15, -0.1) is 36.2 Å². The van der Waals surface area contributed by atoms with Crippen LogP contribution in [-0.4, -0.2) is 24.7 Å². The number of benzene rings is 1. The first-order valence-electron chi connectivity index (χ1n) is 8.81. The molecule has 1 aliphatic rings. The summed E-state index contributed by atoms with van der Waals surface area (Å²) in [5, 5.41) is 8.86. The van der Waals surface area contributed by atoms with Crippen LogP contribution in [0.3, 0.4) is 0 Å². The molecule has 1 unspecified atom stereocenters. The number of aromatic amines is 1. The van der Waals surface area contributed by atoms with E-state index in [0.717, 1.165) is 56.7 Å². The van der Waals surface area contributed by atoms with E-state index in [1.807, 2.05) is 17.5 Å². The second-order valence-corrected chi connectivity index (χ2v) is 9.13. The largest absolute Gasteiger partial charge is 0.492 e. The molecule has 5 nitrogen and oxygen atoms in total. The minimum absolute atomic E-state index is 0. The summed E-state index contributed by atoms with van der Waals surface area (Å²) in [7, 11) is 0. The molecule has 3 aromatic rings. The third kappa shape index (κ3) is 5.68. The maximum Gasteiger partial charge on any atom is 0.201 e. The highest BCUT2D eigenvalue weighted by atomic mass is 79.9. The number of halogens is 4. The number of thiophene rings is 1. The summed E-state index contributed by atoms with van der Waals surface area (Å²) in [5.41, 5.74) is 2.14. The Morgan fingerprint density at radius 2 is 2.03 bits per heavy atom. The van der Waals surface area contributed by atoms with Gasteiger partial charge in [-0.3, -0.25) is 4.79 Å². The number of aromatic nitrogens is 1. The molecule has 0 bridgehead atoms. The molecule has 1 aromatic carbocycles. The van der Waals surface area contributed by atoms with Crippen molar-refractivity contribution < 1.29 is 4.74 Å². The Labute approximate surface area is 202 Å². The Hall–Kier alpha value is -0.770. The van der Waals surface area contributed by atoms with Gasteiger partial charge in [-0.2, -0.15) is 0 Å². The van der Waals surface area contributed by atoms with Crippen molar-refractivity contribution in [2.75, 3.05) is 25.0 Å². The fourth-order valence-corrected chi connectivity index (χ4v) is 5.43. The van der Waals surface area contributed by atoms with Crippen LogP contribution in [0.15, 0.2) is 43.4 Å². The Kier molecular flexibility index (Phi) is 9.31. The lowest BCUT2D eigenvalue weighted by Gasteiger charge is -2.28. The second kappa shape index (κ2) is 11.0. The first kappa shape index (κ1) is 24.5. The Morgan fingerprint density at radius 3 is 2.86 bits per heavy atom. The quantitative estimate of drug-likeness (QED) is 0.316. The fraction of sp³-hybridized carbons (Fsp3) is 0.316. The molecule has 4 rings (SSSR count). The van der Waals surface area contributed by atoms with Crippen molar-refractivity contribution in [1.82, 2.24) is 10.3 Å². The fourth-order valence-electron chi connectivity index (χ4n) is 3.30. The van der Waals surface area contributed by atoms with E-state index in [2.05, 4.69) is 53.5 Å². The minimum Gasteiger partial charge on any atom is -0.492 e. The Morgan fingerprint density at radius 1 is 1.21 bits per heavy atom. The van der Waals surface area contributed by atoms with Gasteiger partial charge in [0.15, 0.2) is 0 Å². The van der Waals surface area contributed by atoms with Crippen molar-refractivity contribution in [3.05, 3.63) is 54.4 Å². The average molecular weight is 586 g/mol. The van der Waals surface area contributed by atoms with Crippen molar-refractivity contribution in [2.45, 2.75) is 18.9 Å². The Bertz CT molecular complexity index is 1030. The van der Waals surface area contributed by atoms with Gasteiger partial charge < -0.3 is 20.4 Å². The number of hydrogen-bond donors (Lipinski definition) is 3. The molecule has 0 fully saturated rings. The van der Waals surface area contributed by atoms with Gasteiger partial charge in [-0.1, -0.05) is 15.9 Å². The van der Waals surface area contributed by atoms with Crippen LogP contribution < -0.4 is 20.8 Å². The highest BCUT2D eigenvalue weighted by molar-refractivity contribution is 9.11. The molecule has 3 heterocycles. The van der Waals surface area contributed by atoms with Crippen LogP contribution >= 0.6 is 68.0 Å². The molecule has 0 amide bonds. The van der Waals surface area contributed by atoms with E-state index >= 15 is 0 Å². The maximum absolute atomic E-state index is 12.0. The normalized spacial score (nSPS) is 15.0. The van der Waals surface area contributed by atoms with Gasteiger partial charge in [0.25, 0.3) is 0 Å². The molecule has 0 aliphatic carbocycles. The van der Waals surface area contributed by atoms with Gasteiger partial charge >= 0.3 is 0 Å². The third-order valence-corrected chi connectivity index (χ3v) is 6.53. The molecule has 3 N–H and O–H groups in total. The van der Waals surface area contributed by atoms with Gasteiger partial charge in [0.1, 0.15) is 11.6 Å². The van der Waals surface area contributed by atoms with Crippen LogP contribution in [-0.2, 0) is 0 Å². The predicted molar refractivity (Wildman–Crippen MR) is 133 cm³/mol. The lowest BCUT2D eigenvalue weighted by molar-refractivity contribution is 0.251. The van der Waals surface area contributed by atoms with Crippen LogP contribution in [0.25, 0.3) is 10.2 Å². The molecular weight excluding hydrogens is 565 g/mol. The zero-order valence-corrected chi connectivity index (χ0v) is 20.9. The monoisotopic (exact) mass is 583 g/mol. The number of anilines is 1. The lowest BCUT2D eigenvalue weighted by atomic mass is 10.0. The molecule has 158 valence electrons. The SMILES string of the molecule is Cl.Cl.O=c1cc(NCCCNC2CCOc3c(Br)cc(Br)cc32)[nH]c2ccsc12. The third-order valence-electron chi connectivity index (χ3n) is 4.56. The number of pyridine rings is 1. The molecule has 0 radical (unpaired) electrons. The molecule has 2 aromatic heterocycles. The summed E-state index contributed by atoms with van der Waals surface area (Å²) in [6, 6.07) is 7.99. The number of nitrogens with one attached hydrogen (secondary N) is 3. The summed E-state index contributed by atoms with van der Waals surface area (Å²) in [4.78, 5) is 15.3. The summed E-state index contributed by atoms with van der Waals surface area (Å²) in [6.45, 7) is 2.38. The zero-order chi connectivity index (χ0) is 18.8. The van der Waals surface area contributed by atoms with E-state index in [-0.39, 0.29) is 36.3 Å². The molecular formula is C19H21Br2Cl2N3O2S. The van der Waals surface area contributed by atoms with Gasteiger partial charge in [-0.05, 0) is 52.5 Å². The molecule has 0 saturated carbocycles. The standard InChI is InChI=1S/C19H19Br2N3O2S.2ClH/c20-11-8-12-14(2-6-26-18(12)13(21)9-11)22-4-1-5-23-17-10-16(25)19-15(24-17)3-7-27-19;;/h3,7-10,14,22H,1-2,4-6H2,(H2,23,24,25);2*1H. The smallest absolute Gasteiger partial charge is 0.201 e. The number of rotatable bonds is 6. The maximum atomic E-state index is 12.0. The predicted octanol–water partition coefficient (Wildman–Crippen LogP) is 5.87. The van der Waals surface area contributed by atoms with Crippen molar-refractivity contribution in [3.8, 4) is 5.75 Å². The first-order valence-corrected chi connectivity index (χ1v) is 11.3. The van der Waals surface area contributed by atoms with Gasteiger partial charge in [0, 0.05) is 35.1 Å². The minimum atomic E-state index is 0. The number of ether oxygens (including phenoxy) is 1. The average Bonchev–Trinajstić information content (AvgIpc) is 3.11.